The number of anilines is 1. The topological polar surface area (TPSA) is 36.4 Å². The van der Waals surface area contributed by atoms with Crippen LogP contribution in [0, 0.1) is 6.92 Å². The second-order valence-corrected chi connectivity index (χ2v) is 9.32. The fourth-order valence-corrected chi connectivity index (χ4v) is 5.97. The van der Waals surface area contributed by atoms with Gasteiger partial charge in [-0.25, -0.2) is 0 Å². The van der Waals surface area contributed by atoms with E-state index in [0.29, 0.717) is 0 Å². The van der Waals surface area contributed by atoms with E-state index in [1.54, 1.807) is 11.3 Å². The molecule has 1 fully saturated rings. The van der Waals surface area contributed by atoms with Crippen LogP contribution in [0.5, 0.6) is 0 Å². The summed E-state index contributed by atoms with van der Waals surface area (Å²) in [5.74, 6) is 0.0925. The number of pyridine rings is 1. The molecule has 0 aliphatic carbocycles. The largest absolute Gasteiger partial charge is 0.305 e. The van der Waals surface area contributed by atoms with Gasteiger partial charge in [-0.1, -0.05) is 0 Å². The Bertz CT molecular complexity index is 981. The molecule has 5 rings (SSSR count). The van der Waals surface area contributed by atoms with Crippen LogP contribution in [-0.4, -0.2) is 35.4 Å². The predicted octanol–water partition coefficient (Wildman–Crippen LogP) is 4.32. The lowest BCUT2D eigenvalue weighted by Crippen LogP contribution is -2.39. The van der Waals surface area contributed by atoms with Crippen molar-refractivity contribution in [2.45, 2.75) is 25.3 Å². The number of aromatic nitrogens is 1. The molecule has 138 valence electrons. The molecule has 2 aliphatic rings. The SMILES string of the molecule is Cc1ccsc1CN1CC[C@@]2(C1)CN(C(=O)c1ccsc1)c1cccnc12. The number of amides is 1. The third kappa shape index (κ3) is 2.83. The maximum absolute atomic E-state index is 13.1. The van der Waals surface area contributed by atoms with Gasteiger partial charge < -0.3 is 4.90 Å². The molecule has 1 atom stereocenters. The summed E-state index contributed by atoms with van der Waals surface area (Å²) in [6.07, 6.45) is 2.92. The zero-order chi connectivity index (χ0) is 18.4. The number of fused-ring (bicyclic) bond motifs is 2. The first kappa shape index (κ1) is 17.1. The molecule has 0 aromatic carbocycles. The molecule has 3 aromatic heterocycles. The van der Waals surface area contributed by atoms with Crippen molar-refractivity contribution in [1.82, 2.24) is 9.88 Å². The van der Waals surface area contributed by atoms with Crippen LogP contribution in [0.4, 0.5) is 5.69 Å². The van der Waals surface area contributed by atoms with Crippen molar-refractivity contribution in [3.8, 4) is 0 Å². The molecule has 0 saturated carbocycles. The van der Waals surface area contributed by atoms with Crippen molar-refractivity contribution in [2.75, 3.05) is 24.5 Å². The highest BCUT2D eigenvalue weighted by Gasteiger charge is 2.50. The van der Waals surface area contributed by atoms with Crippen LogP contribution >= 0.6 is 22.7 Å². The Morgan fingerprint density at radius 3 is 2.96 bits per heavy atom. The minimum atomic E-state index is -0.0482. The van der Waals surface area contributed by atoms with Crippen LogP contribution in [-0.2, 0) is 12.0 Å². The molecule has 3 aromatic rings. The van der Waals surface area contributed by atoms with Gasteiger partial charge in [0.25, 0.3) is 5.91 Å². The van der Waals surface area contributed by atoms with Crippen LogP contribution in [0.1, 0.15) is 32.9 Å². The van der Waals surface area contributed by atoms with Crippen LogP contribution in [0.25, 0.3) is 0 Å². The average Bonchev–Trinajstić information content (AvgIpc) is 3.46. The predicted molar refractivity (Wildman–Crippen MR) is 111 cm³/mol. The number of rotatable bonds is 3. The lowest BCUT2D eigenvalue weighted by Gasteiger charge is -2.25. The van der Waals surface area contributed by atoms with Gasteiger partial charge in [0.15, 0.2) is 0 Å². The number of aryl methyl sites for hydroxylation is 1. The number of carbonyl (C=O) groups is 1. The maximum atomic E-state index is 13.1. The van der Waals surface area contributed by atoms with E-state index < -0.39 is 0 Å². The van der Waals surface area contributed by atoms with Gasteiger partial charge in [0.2, 0.25) is 0 Å². The summed E-state index contributed by atoms with van der Waals surface area (Å²) in [5, 5.41) is 6.07. The van der Waals surface area contributed by atoms with Gasteiger partial charge >= 0.3 is 0 Å². The van der Waals surface area contributed by atoms with Crippen molar-refractivity contribution in [3.63, 3.8) is 0 Å². The lowest BCUT2D eigenvalue weighted by molar-refractivity contribution is 0.0985. The van der Waals surface area contributed by atoms with Crippen LogP contribution in [0.2, 0.25) is 0 Å². The number of carbonyl (C=O) groups excluding carboxylic acids is 1. The molecule has 4 nitrogen and oxygen atoms in total. The van der Waals surface area contributed by atoms with Crippen molar-refractivity contribution in [3.05, 3.63) is 68.3 Å². The summed E-state index contributed by atoms with van der Waals surface area (Å²) in [5.41, 5.74) is 4.19. The first-order chi connectivity index (χ1) is 13.2. The fourth-order valence-electron chi connectivity index (χ4n) is 4.39. The van der Waals surface area contributed by atoms with Gasteiger partial charge in [0, 0.05) is 41.5 Å². The molecule has 0 N–H and O–H groups in total. The van der Waals surface area contributed by atoms with E-state index >= 15 is 0 Å². The number of hydrogen-bond acceptors (Lipinski definition) is 5. The van der Waals surface area contributed by atoms with Gasteiger partial charge in [-0.15, -0.1) is 11.3 Å². The molecule has 27 heavy (non-hydrogen) atoms. The van der Waals surface area contributed by atoms with Crippen molar-refractivity contribution >= 4 is 34.3 Å². The Balaban J connectivity index is 1.44. The number of likely N-dealkylation sites (tertiary alicyclic amines) is 1. The summed E-state index contributed by atoms with van der Waals surface area (Å²) in [6, 6.07) is 8.09. The van der Waals surface area contributed by atoms with Crippen LogP contribution < -0.4 is 4.90 Å². The summed E-state index contributed by atoms with van der Waals surface area (Å²) < 4.78 is 0. The van der Waals surface area contributed by atoms with E-state index in [4.69, 9.17) is 4.98 Å². The molecule has 2 aliphatic heterocycles. The standard InChI is InChI=1S/C21H21N3OS2/c1-15-4-10-27-18(15)11-23-8-6-21(13-23)14-24(17-3-2-7-22-19(17)21)20(25)16-5-9-26-12-16/h2-5,7,9-10,12H,6,8,11,13-14H2,1H3/t21-/m1/s1. The highest BCUT2D eigenvalue weighted by atomic mass is 32.1. The van der Waals surface area contributed by atoms with Crippen molar-refractivity contribution in [2.24, 2.45) is 0 Å². The second kappa shape index (κ2) is 6.55. The number of nitrogens with zero attached hydrogens (tertiary/aromatic N) is 3. The van der Waals surface area contributed by atoms with Gasteiger partial charge in [0.05, 0.1) is 16.9 Å². The molecule has 0 radical (unpaired) electrons. The zero-order valence-corrected chi connectivity index (χ0v) is 16.9. The van der Waals surface area contributed by atoms with Crippen LogP contribution in [0.3, 0.4) is 0 Å². The first-order valence-electron chi connectivity index (χ1n) is 9.21. The molecular formula is C21H21N3OS2. The van der Waals surface area contributed by atoms with E-state index in [-0.39, 0.29) is 11.3 Å². The van der Waals surface area contributed by atoms with Gasteiger partial charge in [-0.05, 0) is 60.5 Å². The maximum Gasteiger partial charge on any atom is 0.259 e. The quantitative estimate of drug-likeness (QED) is 0.663. The summed E-state index contributed by atoms with van der Waals surface area (Å²) in [7, 11) is 0. The Morgan fingerprint density at radius 2 is 2.19 bits per heavy atom. The van der Waals surface area contributed by atoms with Gasteiger partial charge in [-0.3, -0.25) is 14.7 Å². The summed E-state index contributed by atoms with van der Waals surface area (Å²) >= 11 is 3.40. The normalized spacial score (nSPS) is 21.9. The van der Waals surface area contributed by atoms with E-state index in [1.165, 1.54) is 10.4 Å². The van der Waals surface area contributed by atoms with Gasteiger partial charge in [0.1, 0.15) is 0 Å². The van der Waals surface area contributed by atoms with E-state index in [1.807, 2.05) is 51.4 Å². The second-order valence-electron chi connectivity index (χ2n) is 7.54. The Hall–Kier alpha value is -2.02. The van der Waals surface area contributed by atoms with E-state index in [0.717, 1.165) is 49.5 Å². The summed E-state index contributed by atoms with van der Waals surface area (Å²) in [4.78, 5) is 23.7. The summed E-state index contributed by atoms with van der Waals surface area (Å²) in [6.45, 7) is 5.92. The average molecular weight is 396 g/mol. The highest BCUT2D eigenvalue weighted by molar-refractivity contribution is 7.10. The fraction of sp³-hybridized carbons (Fsp3) is 0.333. The Morgan fingerprint density at radius 1 is 1.26 bits per heavy atom. The van der Waals surface area contributed by atoms with E-state index in [9.17, 15) is 4.79 Å². The zero-order valence-electron chi connectivity index (χ0n) is 15.2. The molecule has 0 unspecified atom stereocenters. The monoisotopic (exact) mass is 395 g/mol. The Kier molecular flexibility index (Phi) is 4.15. The molecule has 5 heterocycles. The van der Waals surface area contributed by atoms with Gasteiger partial charge in [-0.2, -0.15) is 11.3 Å². The molecule has 0 bridgehead atoms. The van der Waals surface area contributed by atoms with Crippen LogP contribution in [0.15, 0.2) is 46.6 Å². The van der Waals surface area contributed by atoms with E-state index in [2.05, 4.69) is 23.3 Å². The smallest absolute Gasteiger partial charge is 0.259 e. The molecule has 6 heteroatoms. The Labute approximate surface area is 167 Å². The number of thiophene rings is 2. The lowest BCUT2D eigenvalue weighted by atomic mass is 9.85. The molecule has 1 amide bonds. The third-order valence-electron chi connectivity index (χ3n) is 5.82. The first-order valence-corrected chi connectivity index (χ1v) is 11.0. The molecular weight excluding hydrogens is 374 g/mol. The van der Waals surface area contributed by atoms with Crippen molar-refractivity contribution in [1.29, 1.82) is 0 Å². The molecule has 1 spiro atoms. The minimum absolute atomic E-state index is 0.0482. The third-order valence-corrected chi connectivity index (χ3v) is 7.51. The molecule has 1 saturated heterocycles. The van der Waals surface area contributed by atoms with Crippen molar-refractivity contribution < 1.29 is 4.79 Å². The minimum Gasteiger partial charge on any atom is -0.305 e. The number of hydrogen-bond donors (Lipinski definition) is 0. The highest BCUT2D eigenvalue weighted by Crippen LogP contribution is 2.46.